The van der Waals surface area contributed by atoms with Gasteiger partial charge in [0.15, 0.2) is 0 Å². The van der Waals surface area contributed by atoms with Crippen LogP contribution in [0.25, 0.3) is 44.6 Å². The summed E-state index contributed by atoms with van der Waals surface area (Å²) in [6.45, 7) is 0. The molecule has 10 nitrogen and oxygen atoms in total. The average molecular weight is 727 g/mol. The number of halogens is 4. The topological polar surface area (TPSA) is 207 Å². The molecule has 0 unspecified atom stereocenters. The van der Waals surface area contributed by atoms with E-state index in [1.54, 1.807) is 0 Å². The summed E-state index contributed by atoms with van der Waals surface area (Å²) in [7, 11) is -9.89. The van der Waals surface area contributed by atoms with E-state index in [1.165, 1.54) is 0 Å². The molecule has 0 amide bonds. The standard InChI is InChI=1S/C15H10BrO.C15H10ClO.2ClHO4/c2*16-13-10-15(11-6-2-1-3-7-11)17-14-9-5-4-8-12(13)14;2*2-1(3,4)5/h2*1-10H;2*(H,2,3,4,5)/q2*+1;;/p-2. The highest BCUT2D eigenvalue weighted by molar-refractivity contribution is 9.10. The SMILES string of the molecule is Brc1cc(-c2ccccc2)[o+]c2ccccc12.Clc1cc(-c2ccccc2)[o+]c2ccccc12.[O-][Cl+3]([O-])([O-])[O-].[O-][Cl+3]([O-])([O-])[O-]. The van der Waals surface area contributed by atoms with Gasteiger partial charge >= 0.3 is 22.7 Å². The zero-order valence-corrected chi connectivity index (χ0v) is 26.0. The Bertz CT molecular complexity index is 1640. The van der Waals surface area contributed by atoms with Crippen LogP contribution in [0.1, 0.15) is 0 Å². The lowest BCUT2D eigenvalue weighted by Gasteiger charge is -2.17. The molecule has 0 N–H and O–H groups in total. The van der Waals surface area contributed by atoms with Crippen LogP contribution in [0, 0.1) is 20.5 Å². The summed E-state index contributed by atoms with van der Waals surface area (Å²) in [6.07, 6.45) is 0. The van der Waals surface area contributed by atoms with Gasteiger partial charge in [0.2, 0.25) is 0 Å². The van der Waals surface area contributed by atoms with Crippen molar-refractivity contribution in [2.75, 3.05) is 0 Å². The van der Waals surface area contributed by atoms with Crippen LogP contribution in [0.3, 0.4) is 0 Å². The lowest BCUT2D eigenvalue weighted by Crippen LogP contribution is -2.68. The normalized spacial score (nSPS) is 11.0. The third kappa shape index (κ3) is 12.4. The monoisotopic (exact) mass is 724 g/mol. The fourth-order valence-corrected chi connectivity index (χ4v) is 4.47. The molecule has 0 bridgehead atoms. The molecule has 0 atom stereocenters. The number of para-hydroxylation sites is 2. The van der Waals surface area contributed by atoms with Gasteiger partial charge in [0, 0.05) is 16.6 Å². The van der Waals surface area contributed by atoms with Gasteiger partial charge in [-0.3, -0.25) is 0 Å². The Balaban J connectivity index is 0.000000185. The zero-order valence-electron chi connectivity index (χ0n) is 22.1. The Morgan fingerprint density at radius 1 is 0.477 bits per heavy atom. The lowest BCUT2D eigenvalue weighted by atomic mass is 10.1. The quantitative estimate of drug-likeness (QED) is 0.228. The van der Waals surface area contributed by atoms with Crippen LogP contribution in [-0.4, -0.2) is 0 Å². The average Bonchev–Trinajstić information content (AvgIpc) is 2.97. The largest absolute Gasteiger partial charge is 0.362 e. The van der Waals surface area contributed by atoms with Crippen molar-refractivity contribution in [3.05, 3.63) is 131 Å². The predicted octanol–water partition coefficient (Wildman–Crippen LogP) is 0.666. The van der Waals surface area contributed by atoms with Crippen molar-refractivity contribution in [3.63, 3.8) is 0 Å². The van der Waals surface area contributed by atoms with Gasteiger partial charge in [-0.15, -0.1) is 20.5 Å². The van der Waals surface area contributed by atoms with E-state index in [0.29, 0.717) is 5.02 Å². The van der Waals surface area contributed by atoms with E-state index in [9.17, 15) is 0 Å². The molecule has 0 aliphatic heterocycles. The maximum Gasteiger partial charge on any atom is 0.362 e. The van der Waals surface area contributed by atoms with E-state index in [4.69, 9.17) is 57.7 Å². The summed E-state index contributed by atoms with van der Waals surface area (Å²) in [5.74, 6) is 1.66. The van der Waals surface area contributed by atoms with Gasteiger partial charge in [0.25, 0.3) is 0 Å². The Hall–Kier alpha value is -3.27. The number of fused-ring (bicyclic) bond motifs is 2. The van der Waals surface area contributed by atoms with E-state index in [1.807, 2.05) is 121 Å². The molecule has 0 saturated carbocycles. The minimum absolute atomic E-state index is 0.714. The minimum Gasteiger partial charge on any atom is -0.222 e. The molecule has 2 heterocycles. The molecule has 4 aromatic carbocycles. The Morgan fingerprint density at radius 2 is 0.818 bits per heavy atom. The van der Waals surface area contributed by atoms with Crippen LogP contribution in [-0.2, 0) is 0 Å². The second-order valence-corrected chi connectivity index (χ2v) is 11.2. The smallest absolute Gasteiger partial charge is 0.222 e. The number of hydrogen-bond donors (Lipinski definition) is 0. The summed E-state index contributed by atoms with van der Waals surface area (Å²) in [5.41, 5.74) is 3.80. The highest BCUT2D eigenvalue weighted by atomic mass is 79.9. The van der Waals surface area contributed by atoms with Crippen LogP contribution in [0.5, 0.6) is 0 Å². The van der Waals surface area contributed by atoms with Crippen molar-refractivity contribution in [1.82, 2.24) is 0 Å². The summed E-state index contributed by atoms with van der Waals surface area (Å²) in [4.78, 5) is 0. The van der Waals surface area contributed by atoms with Crippen molar-refractivity contribution in [3.8, 4) is 22.6 Å². The molecule has 6 aromatic rings. The maximum absolute atomic E-state index is 8.49. The lowest BCUT2D eigenvalue weighted by molar-refractivity contribution is -2.00. The van der Waals surface area contributed by atoms with Crippen molar-refractivity contribution in [2.45, 2.75) is 0 Å². The molecule has 0 aliphatic carbocycles. The minimum atomic E-state index is -4.94. The number of benzene rings is 4. The first kappa shape index (κ1) is 35.2. The molecule has 14 heteroatoms. The van der Waals surface area contributed by atoms with Gasteiger partial charge in [-0.1, -0.05) is 72.3 Å². The van der Waals surface area contributed by atoms with Crippen molar-refractivity contribution in [2.24, 2.45) is 0 Å². The molecule has 0 spiro atoms. The molecule has 0 fully saturated rings. The fourth-order valence-electron chi connectivity index (χ4n) is 3.68. The van der Waals surface area contributed by atoms with Crippen LogP contribution >= 0.6 is 27.5 Å². The van der Waals surface area contributed by atoms with Crippen LogP contribution in [0.2, 0.25) is 5.02 Å². The first-order chi connectivity index (χ1) is 20.7. The van der Waals surface area contributed by atoms with Crippen LogP contribution < -0.4 is 37.3 Å². The Labute approximate surface area is 268 Å². The van der Waals surface area contributed by atoms with Gasteiger partial charge in [0.05, 0.1) is 39.1 Å². The first-order valence-corrected chi connectivity index (χ1v) is 15.7. The number of rotatable bonds is 2. The van der Waals surface area contributed by atoms with E-state index in [-0.39, 0.29) is 0 Å². The molecule has 0 radical (unpaired) electrons. The van der Waals surface area contributed by atoms with Gasteiger partial charge in [-0.05, 0) is 52.3 Å². The van der Waals surface area contributed by atoms with E-state index >= 15 is 0 Å². The van der Waals surface area contributed by atoms with Crippen LogP contribution in [0.4, 0.5) is 0 Å². The highest BCUT2D eigenvalue weighted by Crippen LogP contribution is 2.31. The van der Waals surface area contributed by atoms with Crippen molar-refractivity contribution < 1.29 is 66.6 Å². The molecule has 6 rings (SSSR count). The molecule has 228 valence electrons. The zero-order chi connectivity index (χ0) is 32.3. The molecule has 44 heavy (non-hydrogen) atoms. The molecular weight excluding hydrogens is 707 g/mol. The van der Waals surface area contributed by atoms with Gasteiger partial charge in [0.1, 0.15) is 0 Å². The van der Waals surface area contributed by atoms with Crippen molar-refractivity contribution in [1.29, 1.82) is 0 Å². The second kappa shape index (κ2) is 16.2. The second-order valence-electron chi connectivity index (χ2n) is 8.40. The molecule has 0 saturated heterocycles. The fraction of sp³-hybridized carbons (Fsp3) is 0. The Morgan fingerprint density at radius 3 is 1.27 bits per heavy atom. The third-order valence-corrected chi connectivity index (χ3v) is 6.33. The molecule has 0 aliphatic rings. The number of hydrogen-bond acceptors (Lipinski definition) is 8. The Kier molecular flexibility index (Phi) is 12.9. The third-order valence-electron chi connectivity index (χ3n) is 5.36. The van der Waals surface area contributed by atoms with E-state index in [0.717, 1.165) is 49.1 Å². The highest BCUT2D eigenvalue weighted by Gasteiger charge is 2.18. The molecule has 2 aromatic heterocycles. The summed E-state index contributed by atoms with van der Waals surface area (Å²) < 4.78 is 80.7. The van der Waals surface area contributed by atoms with Gasteiger partial charge in [-0.25, -0.2) is 46.1 Å². The van der Waals surface area contributed by atoms with E-state index < -0.39 is 20.5 Å². The summed E-state index contributed by atoms with van der Waals surface area (Å²) in [5, 5.41) is 2.74. The van der Waals surface area contributed by atoms with Crippen molar-refractivity contribution >= 4 is 49.5 Å². The molecular formula is C30H20BrCl3O10. The van der Waals surface area contributed by atoms with E-state index in [2.05, 4.69) is 15.9 Å². The predicted molar refractivity (Wildman–Crippen MR) is 145 cm³/mol. The first-order valence-electron chi connectivity index (χ1n) is 12.1. The van der Waals surface area contributed by atoms with Gasteiger partial charge in [-0.2, -0.15) is 0 Å². The summed E-state index contributed by atoms with van der Waals surface area (Å²) in [6, 6.07) is 39.7. The maximum atomic E-state index is 8.49. The summed E-state index contributed by atoms with van der Waals surface area (Å²) >= 11 is 9.84. The van der Waals surface area contributed by atoms with Gasteiger partial charge < -0.3 is 0 Å². The van der Waals surface area contributed by atoms with Crippen LogP contribution in [0.15, 0.2) is 135 Å².